The summed E-state index contributed by atoms with van der Waals surface area (Å²) in [5.74, 6) is 0. The number of nitrogens with one attached hydrogen (secondary N) is 1. The predicted molar refractivity (Wildman–Crippen MR) is 64.3 cm³/mol. The lowest BCUT2D eigenvalue weighted by Gasteiger charge is -2.25. The molecule has 1 aromatic heterocycles. The zero-order chi connectivity index (χ0) is 10.8. The van der Waals surface area contributed by atoms with Gasteiger partial charge in [-0.2, -0.15) is 0 Å². The Kier molecular flexibility index (Phi) is 2.96. The van der Waals surface area contributed by atoms with Crippen molar-refractivity contribution < 1.29 is 0 Å². The van der Waals surface area contributed by atoms with Crippen molar-refractivity contribution in [1.82, 2.24) is 14.9 Å². The van der Waals surface area contributed by atoms with Crippen molar-refractivity contribution in [3.8, 4) is 0 Å². The molecule has 2 unspecified atom stereocenters. The summed E-state index contributed by atoms with van der Waals surface area (Å²) in [5, 5.41) is 3.87. The van der Waals surface area contributed by atoms with Crippen LogP contribution < -0.4 is 5.32 Å². The van der Waals surface area contributed by atoms with Crippen molar-refractivity contribution >= 4 is 0 Å². The number of hydrogen-bond acceptors (Lipinski definition) is 2. The van der Waals surface area contributed by atoms with Crippen molar-refractivity contribution in [2.24, 2.45) is 0 Å². The Morgan fingerprint density at radius 2 is 1.94 bits per heavy atom. The van der Waals surface area contributed by atoms with Gasteiger partial charge in [0.05, 0.1) is 6.33 Å². The third-order valence-electron chi connectivity index (χ3n) is 4.19. The van der Waals surface area contributed by atoms with Gasteiger partial charge in [-0.3, -0.25) is 0 Å². The van der Waals surface area contributed by atoms with Crippen molar-refractivity contribution in [2.75, 3.05) is 0 Å². The quantitative estimate of drug-likeness (QED) is 0.846. The van der Waals surface area contributed by atoms with E-state index in [1.165, 1.54) is 44.9 Å². The minimum absolute atomic E-state index is 0.642. The Labute approximate surface area is 97.3 Å². The monoisotopic (exact) mass is 219 g/mol. The standard InChI is InChI=1S/C13H21N3/c1-2-5-11(4-1)15-12-6-3-7-13(12)16-9-8-14-10-16/h8-13,15H,1-7H2. The van der Waals surface area contributed by atoms with Gasteiger partial charge in [0.15, 0.2) is 0 Å². The van der Waals surface area contributed by atoms with Crippen LogP contribution >= 0.6 is 0 Å². The van der Waals surface area contributed by atoms with Gasteiger partial charge >= 0.3 is 0 Å². The molecule has 2 aliphatic rings. The maximum atomic E-state index is 4.17. The van der Waals surface area contributed by atoms with Crippen molar-refractivity contribution in [2.45, 2.75) is 63.1 Å². The van der Waals surface area contributed by atoms with Crippen molar-refractivity contribution in [1.29, 1.82) is 0 Å². The number of imidazole rings is 1. The highest BCUT2D eigenvalue weighted by Gasteiger charge is 2.30. The Morgan fingerprint density at radius 1 is 1.06 bits per heavy atom. The molecule has 2 fully saturated rings. The molecule has 88 valence electrons. The van der Waals surface area contributed by atoms with Gasteiger partial charge in [-0.1, -0.05) is 12.8 Å². The summed E-state index contributed by atoms with van der Waals surface area (Å²) in [6, 6.07) is 2.11. The number of nitrogens with zero attached hydrogens (tertiary/aromatic N) is 2. The normalized spacial score (nSPS) is 31.2. The molecule has 16 heavy (non-hydrogen) atoms. The molecule has 2 aliphatic carbocycles. The van der Waals surface area contributed by atoms with E-state index in [2.05, 4.69) is 21.1 Å². The van der Waals surface area contributed by atoms with E-state index in [-0.39, 0.29) is 0 Å². The summed E-state index contributed by atoms with van der Waals surface area (Å²) in [6.07, 6.45) is 15.6. The fraction of sp³-hybridized carbons (Fsp3) is 0.769. The van der Waals surface area contributed by atoms with E-state index in [1.54, 1.807) is 0 Å². The van der Waals surface area contributed by atoms with Crippen LogP contribution in [0.1, 0.15) is 51.0 Å². The first-order chi connectivity index (χ1) is 7.93. The summed E-state index contributed by atoms with van der Waals surface area (Å²) in [5.41, 5.74) is 0. The van der Waals surface area contributed by atoms with Gasteiger partial charge in [-0.05, 0) is 32.1 Å². The smallest absolute Gasteiger partial charge is 0.0949 e. The Bertz CT molecular complexity index is 314. The van der Waals surface area contributed by atoms with Crippen LogP contribution in [0.3, 0.4) is 0 Å². The summed E-state index contributed by atoms with van der Waals surface area (Å²) >= 11 is 0. The first kappa shape index (κ1) is 10.3. The summed E-state index contributed by atoms with van der Waals surface area (Å²) in [6.45, 7) is 0. The molecule has 0 bridgehead atoms. The van der Waals surface area contributed by atoms with E-state index in [9.17, 15) is 0 Å². The summed E-state index contributed by atoms with van der Waals surface area (Å²) in [7, 11) is 0. The Balaban J connectivity index is 1.64. The maximum Gasteiger partial charge on any atom is 0.0949 e. The van der Waals surface area contributed by atoms with Gasteiger partial charge in [0.25, 0.3) is 0 Å². The van der Waals surface area contributed by atoms with E-state index in [0.29, 0.717) is 12.1 Å². The first-order valence-corrected chi connectivity index (χ1v) is 6.67. The molecule has 3 heteroatoms. The third-order valence-corrected chi connectivity index (χ3v) is 4.19. The van der Waals surface area contributed by atoms with Crippen molar-refractivity contribution in [3.63, 3.8) is 0 Å². The minimum atomic E-state index is 0.642. The van der Waals surface area contributed by atoms with Crippen molar-refractivity contribution in [3.05, 3.63) is 18.7 Å². The summed E-state index contributed by atoms with van der Waals surface area (Å²) in [4.78, 5) is 4.17. The molecule has 1 heterocycles. The lowest BCUT2D eigenvalue weighted by molar-refractivity contribution is 0.351. The molecule has 0 spiro atoms. The molecule has 3 nitrogen and oxygen atoms in total. The highest BCUT2D eigenvalue weighted by molar-refractivity contribution is 4.93. The maximum absolute atomic E-state index is 4.17. The average Bonchev–Trinajstić information content (AvgIpc) is 2.98. The third kappa shape index (κ3) is 2.01. The molecule has 0 saturated heterocycles. The molecule has 0 aromatic carbocycles. The largest absolute Gasteiger partial charge is 0.333 e. The fourth-order valence-electron chi connectivity index (χ4n) is 3.35. The van der Waals surface area contributed by atoms with Gasteiger partial charge in [0, 0.05) is 30.5 Å². The molecule has 1 aromatic rings. The lowest BCUT2D eigenvalue weighted by Crippen LogP contribution is -2.39. The van der Waals surface area contributed by atoms with Crippen LogP contribution in [-0.4, -0.2) is 21.6 Å². The molecule has 2 atom stereocenters. The van der Waals surface area contributed by atoms with Gasteiger partial charge in [-0.15, -0.1) is 0 Å². The minimum Gasteiger partial charge on any atom is -0.333 e. The average molecular weight is 219 g/mol. The number of hydrogen-bond donors (Lipinski definition) is 1. The molecule has 1 N–H and O–H groups in total. The Hall–Kier alpha value is -0.830. The van der Waals surface area contributed by atoms with E-state index >= 15 is 0 Å². The fourth-order valence-corrected chi connectivity index (χ4v) is 3.35. The van der Waals surface area contributed by atoms with E-state index in [0.717, 1.165) is 6.04 Å². The molecule has 2 saturated carbocycles. The number of aromatic nitrogens is 2. The molecule has 0 radical (unpaired) electrons. The van der Waals surface area contributed by atoms with Crippen LogP contribution in [-0.2, 0) is 0 Å². The van der Waals surface area contributed by atoms with Crippen LogP contribution in [0, 0.1) is 0 Å². The second-order valence-corrected chi connectivity index (χ2v) is 5.26. The molecule has 3 rings (SSSR count). The van der Waals surface area contributed by atoms with Crippen LogP contribution in [0.5, 0.6) is 0 Å². The second kappa shape index (κ2) is 4.58. The van der Waals surface area contributed by atoms with Crippen LogP contribution in [0.15, 0.2) is 18.7 Å². The van der Waals surface area contributed by atoms with E-state index in [1.807, 2.05) is 12.5 Å². The molecule has 0 amide bonds. The van der Waals surface area contributed by atoms with Gasteiger partial charge < -0.3 is 9.88 Å². The van der Waals surface area contributed by atoms with Crippen LogP contribution in [0.25, 0.3) is 0 Å². The van der Waals surface area contributed by atoms with Gasteiger partial charge in [-0.25, -0.2) is 4.98 Å². The van der Waals surface area contributed by atoms with Gasteiger partial charge in [0.2, 0.25) is 0 Å². The zero-order valence-electron chi connectivity index (χ0n) is 9.81. The highest BCUT2D eigenvalue weighted by Crippen LogP contribution is 2.31. The first-order valence-electron chi connectivity index (χ1n) is 6.67. The van der Waals surface area contributed by atoms with E-state index < -0.39 is 0 Å². The van der Waals surface area contributed by atoms with Crippen LogP contribution in [0.4, 0.5) is 0 Å². The SMILES string of the molecule is c1cn(C2CCCC2NC2CCCC2)cn1. The molecule has 0 aliphatic heterocycles. The Morgan fingerprint density at radius 3 is 2.69 bits per heavy atom. The lowest BCUT2D eigenvalue weighted by atomic mass is 10.1. The zero-order valence-corrected chi connectivity index (χ0v) is 9.81. The second-order valence-electron chi connectivity index (χ2n) is 5.26. The topological polar surface area (TPSA) is 29.9 Å². The molecular weight excluding hydrogens is 198 g/mol. The summed E-state index contributed by atoms with van der Waals surface area (Å²) < 4.78 is 2.29. The highest BCUT2D eigenvalue weighted by atomic mass is 15.1. The predicted octanol–water partition coefficient (Wildman–Crippen LogP) is 2.51. The van der Waals surface area contributed by atoms with E-state index in [4.69, 9.17) is 0 Å². The number of rotatable bonds is 3. The molecular formula is C13H21N3. The van der Waals surface area contributed by atoms with Gasteiger partial charge in [0.1, 0.15) is 0 Å². The van der Waals surface area contributed by atoms with Crippen LogP contribution in [0.2, 0.25) is 0 Å².